The zero-order valence-electron chi connectivity index (χ0n) is 13.5. The first-order valence-electron chi connectivity index (χ1n) is 7.67. The van der Waals surface area contributed by atoms with Crippen molar-refractivity contribution in [2.24, 2.45) is 11.0 Å². The number of nitrogens with zero attached hydrogens (tertiary/aromatic N) is 2. The van der Waals surface area contributed by atoms with Gasteiger partial charge in [-0.05, 0) is 12.5 Å². The molecule has 0 fully saturated rings. The maximum Gasteiger partial charge on any atom is 0.293 e. The summed E-state index contributed by atoms with van der Waals surface area (Å²) >= 11 is 0. The van der Waals surface area contributed by atoms with E-state index < -0.39 is 4.92 Å². The Balaban J connectivity index is 2.28. The zero-order valence-corrected chi connectivity index (χ0v) is 13.5. The van der Waals surface area contributed by atoms with Crippen molar-refractivity contribution in [3.63, 3.8) is 0 Å². The Bertz CT molecular complexity index is 700. The highest BCUT2D eigenvalue weighted by molar-refractivity contribution is 6.06. The fourth-order valence-electron chi connectivity index (χ4n) is 2.38. The Morgan fingerprint density at radius 3 is 2.92 bits per heavy atom. The quantitative estimate of drug-likeness (QED) is 0.282. The van der Waals surface area contributed by atoms with Crippen molar-refractivity contribution in [3.8, 4) is 0 Å². The molecule has 1 aromatic carbocycles. The van der Waals surface area contributed by atoms with Gasteiger partial charge in [0.15, 0.2) is 5.96 Å². The average molecular weight is 332 g/mol. The molecule has 0 saturated heterocycles. The fourth-order valence-corrected chi connectivity index (χ4v) is 2.38. The molecule has 9 heteroatoms. The maximum absolute atomic E-state index is 11.4. The van der Waals surface area contributed by atoms with Crippen LogP contribution in [-0.2, 0) is 4.79 Å². The van der Waals surface area contributed by atoms with Crippen molar-refractivity contribution in [1.29, 1.82) is 5.41 Å². The molecule has 0 aliphatic carbocycles. The topological polar surface area (TPSA) is 133 Å². The number of nitro benzene ring substituents is 1. The molecule has 4 N–H and O–H groups in total. The van der Waals surface area contributed by atoms with E-state index in [0.717, 1.165) is 6.42 Å². The number of benzene rings is 1. The molecule has 1 amide bonds. The highest BCUT2D eigenvalue weighted by atomic mass is 16.6. The number of hydrogen-bond donors (Lipinski definition) is 4. The maximum atomic E-state index is 11.4. The molecule has 1 heterocycles. The van der Waals surface area contributed by atoms with Crippen LogP contribution >= 0.6 is 0 Å². The Morgan fingerprint density at radius 2 is 2.29 bits per heavy atom. The molecule has 0 spiro atoms. The van der Waals surface area contributed by atoms with Gasteiger partial charge < -0.3 is 10.6 Å². The van der Waals surface area contributed by atoms with Crippen molar-refractivity contribution in [2.45, 2.75) is 26.7 Å². The molecule has 1 unspecified atom stereocenters. The van der Waals surface area contributed by atoms with Crippen molar-refractivity contribution >= 4 is 29.0 Å². The van der Waals surface area contributed by atoms with Gasteiger partial charge in [-0.1, -0.05) is 19.9 Å². The summed E-state index contributed by atoms with van der Waals surface area (Å²) in [4.78, 5) is 22.2. The Hall–Kier alpha value is -2.97. The number of hydrogen-bond acceptors (Lipinski definition) is 5. The molecular formula is C15H20N6O3. The minimum absolute atomic E-state index is 0.00309. The normalized spacial score (nSPS) is 16.8. The largest absolute Gasteiger partial charge is 0.356 e. The smallest absolute Gasteiger partial charge is 0.293 e. The number of amides is 1. The SMILES string of the molecule is CCCNC(=N)Nc1ccc(C2=NNC(=O)CC2C)cc1[N+](=O)[O-]. The minimum atomic E-state index is -0.508. The van der Waals surface area contributed by atoms with Gasteiger partial charge >= 0.3 is 0 Å². The molecule has 0 radical (unpaired) electrons. The van der Waals surface area contributed by atoms with Gasteiger partial charge in [0.1, 0.15) is 5.69 Å². The van der Waals surface area contributed by atoms with Crippen LogP contribution in [0.25, 0.3) is 0 Å². The van der Waals surface area contributed by atoms with Gasteiger partial charge in [-0.25, -0.2) is 5.43 Å². The molecule has 1 aliphatic heterocycles. The third-order valence-electron chi connectivity index (χ3n) is 3.56. The van der Waals surface area contributed by atoms with Crippen LogP contribution in [0, 0.1) is 21.4 Å². The van der Waals surface area contributed by atoms with Crippen molar-refractivity contribution in [3.05, 3.63) is 33.9 Å². The number of hydrazone groups is 1. The van der Waals surface area contributed by atoms with Gasteiger partial charge in [-0.15, -0.1) is 0 Å². The van der Waals surface area contributed by atoms with E-state index in [1.165, 1.54) is 6.07 Å². The second kappa shape index (κ2) is 7.53. The first-order chi connectivity index (χ1) is 11.4. The predicted octanol–water partition coefficient (Wildman–Crippen LogP) is 1.80. The lowest BCUT2D eigenvalue weighted by Gasteiger charge is -2.19. The van der Waals surface area contributed by atoms with Crippen LogP contribution in [0.3, 0.4) is 0 Å². The van der Waals surface area contributed by atoms with Crippen LogP contribution < -0.4 is 16.1 Å². The third kappa shape index (κ3) is 4.06. The average Bonchev–Trinajstić information content (AvgIpc) is 2.53. The first kappa shape index (κ1) is 17.4. The second-order valence-electron chi connectivity index (χ2n) is 5.55. The zero-order chi connectivity index (χ0) is 17.7. The minimum Gasteiger partial charge on any atom is -0.356 e. The van der Waals surface area contributed by atoms with Gasteiger partial charge in [0, 0.05) is 30.5 Å². The van der Waals surface area contributed by atoms with Gasteiger partial charge in [-0.2, -0.15) is 5.10 Å². The molecule has 2 rings (SSSR count). The van der Waals surface area contributed by atoms with E-state index in [9.17, 15) is 14.9 Å². The lowest BCUT2D eigenvalue weighted by molar-refractivity contribution is -0.383. The van der Waals surface area contributed by atoms with E-state index in [2.05, 4.69) is 21.2 Å². The summed E-state index contributed by atoms with van der Waals surface area (Å²) in [6.45, 7) is 4.41. The molecule has 1 aliphatic rings. The molecule has 1 aromatic rings. The van der Waals surface area contributed by atoms with Crippen LogP contribution in [0.4, 0.5) is 11.4 Å². The fraction of sp³-hybridized carbons (Fsp3) is 0.400. The molecule has 1 atom stereocenters. The van der Waals surface area contributed by atoms with E-state index in [-0.39, 0.29) is 35.6 Å². The van der Waals surface area contributed by atoms with E-state index in [1.54, 1.807) is 12.1 Å². The summed E-state index contributed by atoms with van der Waals surface area (Å²) in [6, 6.07) is 4.64. The Morgan fingerprint density at radius 1 is 1.54 bits per heavy atom. The lowest BCUT2D eigenvalue weighted by atomic mass is 9.93. The monoisotopic (exact) mass is 332 g/mol. The molecule has 0 saturated carbocycles. The summed E-state index contributed by atoms with van der Waals surface area (Å²) in [5.74, 6) is -0.292. The molecule has 128 valence electrons. The molecule has 9 nitrogen and oxygen atoms in total. The number of nitrogens with one attached hydrogen (secondary N) is 4. The van der Waals surface area contributed by atoms with E-state index in [4.69, 9.17) is 5.41 Å². The molecule has 0 aromatic heterocycles. The summed E-state index contributed by atoms with van der Waals surface area (Å²) in [5, 5.41) is 28.6. The Kier molecular flexibility index (Phi) is 5.46. The number of guanidine groups is 1. The van der Waals surface area contributed by atoms with Crippen molar-refractivity contribution in [1.82, 2.24) is 10.7 Å². The van der Waals surface area contributed by atoms with Crippen LogP contribution in [0.1, 0.15) is 32.3 Å². The lowest BCUT2D eigenvalue weighted by Crippen LogP contribution is -2.32. The van der Waals surface area contributed by atoms with Crippen LogP contribution in [-0.4, -0.2) is 29.0 Å². The van der Waals surface area contributed by atoms with Gasteiger partial charge in [0.25, 0.3) is 5.69 Å². The number of carbonyl (C=O) groups excluding carboxylic acids is 1. The molecule has 0 bridgehead atoms. The van der Waals surface area contributed by atoms with Crippen LogP contribution in [0.2, 0.25) is 0 Å². The summed E-state index contributed by atoms with van der Waals surface area (Å²) in [6.07, 6.45) is 1.13. The van der Waals surface area contributed by atoms with E-state index in [0.29, 0.717) is 17.8 Å². The highest BCUT2D eigenvalue weighted by Gasteiger charge is 2.24. The first-order valence-corrected chi connectivity index (χ1v) is 7.67. The van der Waals surface area contributed by atoms with Crippen LogP contribution in [0.5, 0.6) is 0 Å². The number of carbonyl (C=O) groups is 1. The number of rotatable bonds is 5. The van der Waals surface area contributed by atoms with Crippen LogP contribution in [0.15, 0.2) is 23.3 Å². The van der Waals surface area contributed by atoms with E-state index >= 15 is 0 Å². The van der Waals surface area contributed by atoms with Gasteiger partial charge in [-0.3, -0.25) is 20.3 Å². The number of anilines is 1. The number of nitro groups is 1. The van der Waals surface area contributed by atoms with E-state index in [1.807, 2.05) is 13.8 Å². The third-order valence-corrected chi connectivity index (χ3v) is 3.56. The van der Waals surface area contributed by atoms with Gasteiger partial charge in [0.2, 0.25) is 5.91 Å². The highest BCUT2D eigenvalue weighted by Crippen LogP contribution is 2.28. The molecular weight excluding hydrogens is 312 g/mol. The second-order valence-corrected chi connectivity index (χ2v) is 5.55. The van der Waals surface area contributed by atoms with Gasteiger partial charge in [0.05, 0.1) is 10.6 Å². The predicted molar refractivity (Wildman–Crippen MR) is 91.2 cm³/mol. The van der Waals surface area contributed by atoms with Crippen molar-refractivity contribution in [2.75, 3.05) is 11.9 Å². The Labute approximate surface area is 139 Å². The standard InChI is InChI=1S/C15H20N6O3/c1-3-6-17-15(16)18-11-5-4-10(8-12(11)21(23)24)14-9(2)7-13(22)19-20-14/h4-5,8-9H,3,6-7H2,1-2H3,(H,19,22)(H3,16,17,18). The summed E-state index contributed by atoms with van der Waals surface area (Å²) in [7, 11) is 0. The van der Waals surface area contributed by atoms with Crippen molar-refractivity contribution < 1.29 is 9.72 Å². The summed E-state index contributed by atoms with van der Waals surface area (Å²) in [5.41, 5.74) is 3.65. The summed E-state index contributed by atoms with van der Waals surface area (Å²) < 4.78 is 0. The molecule has 24 heavy (non-hydrogen) atoms.